The minimum Gasteiger partial charge on any atom is -0.439 e. The third-order valence-electron chi connectivity index (χ3n) is 3.77. The lowest BCUT2D eigenvalue weighted by atomic mass is 11.8. The predicted octanol–water partition coefficient (Wildman–Crippen LogP) is -3.83. The van der Waals surface area contributed by atoms with Crippen LogP contribution in [0.15, 0.2) is 0 Å². The predicted molar refractivity (Wildman–Crippen MR) is 102 cm³/mol. The molecule has 21 heavy (non-hydrogen) atoms. The average Bonchev–Trinajstić information content (AvgIpc) is 2.35. The van der Waals surface area contributed by atoms with Gasteiger partial charge in [-0.25, -0.2) is 0 Å². The smallest absolute Gasteiger partial charge is 0.336 e. The largest absolute Gasteiger partial charge is 0.439 e. The van der Waals surface area contributed by atoms with Gasteiger partial charge in [0.15, 0.2) is 9.28 Å². The molecule has 2 atom stereocenters. The average molecular weight is 437 g/mol. The van der Waals surface area contributed by atoms with Gasteiger partial charge < -0.3 is 31.5 Å². The molecule has 0 aromatic heterocycles. The molecule has 0 aromatic carbocycles. The second-order valence-corrected chi connectivity index (χ2v) is 57.3. The second kappa shape index (κ2) is 7.91. The van der Waals surface area contributed by atoms with E-state index in [1.54, 1.807) is 26.8 Å². The van der Waals surface area contributed by atoms with Gasteiger partial charge in [0.05, 0.1) is 0 Å². The molecule has 2 unspecified atom stereocenters. The quantitative estimate of drug-likeness (QED) is 0.318. The van der Waals surface area contributed by atoms with Crippen LogP contribution < -0.4 is 0 Å². The molecule has 0 heterocycles. The first-order valence-electron chi connectivity index (χ1n) is 6.68. The molecule has 0 bridgehead atoms. The highest BCUT2D eigenvalue weighted by Gasteiger charge is 2.69. The summed E-state index contributed by atoms with van der Waals surface area (Å²) < 4.78 is 30.0. The van der Waals surface area contributed by atoms with Gasteiger partial charge in [-0.3, -0.25) is 0 Å². The van der Waals surface area contributed by atoms with Crippen molar-refractivity contribution in [3.8, 4) is 0 Å². The highest BCUT2D eigenvalue weighted by molar-refractivity contribution is 7.83. The van der Waals surface area contributed by atoms with Crippen LogP contribution in [0.2, 0.25) is 32.7 Å². The molecule has 15 heteroatoms. The Morgan fingerprint density at radius 3 is 1.90 bits per heavy atom. The molecule has 0 spiro atoms. The van der Waals surface area contributed by atoms with E-state index in [0.29, 0.717) is 9.76 Å². The molecule has 0 amide bonds. The van der Waals surface area contributed by atoms with Crippen molar-refractivity contribution in [1.82, 2.24) is 0 Å². The Labute approximate surface area is 138 Å². The van der Waals surface area contributed by atoms with Crippen molar-refractivity contribution in [1.29, 1.82) is 0 Å². The molecule has 3 N–H and O–H groups in total. The molecule has 0 radical (unpaired) electrons. The molecule has 0 aliphatic carbocycles. The van der Waals surface area contributed by atoms with Gasteiger partial charge in [0, 0.05) is 16.9 Å². The van der Waals surface area contributed by atoms with E-state index >= 15 is 0 Å². The fourth-order valence-electron chi connectivity index (χ4n) is 2.06. The van der Waals surface area contributed by atoms with Crippen molar-refractivity contribution < 1.29 is 31.5 Å². The molecule has 7 nitrogen and oxygen atoms in total. The van der Waals surface area contributed by atoms with E-state index < -0.39 is 57.6 Å². The summed E-state index contributed by atoms with van der Waals surface area (Å²) in [5.41, 5.74) is 0. The first-order valence-corrected chi connectivity index (χ1v) is 28.8. The topological polar surface area (TPSA) is 105 Å². The van der Waals surface area contributed by atoms with Crippen LogP contribution in [-0.4, -0.2) is 88.9 Å². The molecular weight excluding hydrogens is 409 g/mol. The van der Waals surface area contributed by atoms with Crippen LogP contribution in [0.5, 0.6) is 0 Å². The van der Waals surface area contributed by atoms with Crippen molar-refractivity contribution in [3.63, 3.8) is 0 Å². The Balaban J connectivity index is 6.14. The van der Waals surface area contributed by atoms with Crippen molar-refractivity contribution in [3.05, 3.63) is 0 Å². The lowest BCUT2D eigenvalue weighted by Gasteiger charge is -2.49. The Morgan fingerprint density at radius 2 is 1.67 bits per heavy atom. The first kappa shape index (κ1) is 22.3. The van der Waals surface area contributed by atoms with Crippen LogP contribution in [0.1, 0.15) is 0 Å². The Hall–Kier alpha value is 1.30. The maximum Gasteiger partial charge on any atom is 0.336 e. The number of hydrogen-bond acceptors (Lipinski definition) is 7. The molecule has 0 aliphatic heterocycles. The van der Waals surface area contributed by atoms with Crippen molar-refractivity contribution in [2.45, 2.75) is 32.7 Å². The normalized spacial score (nSPS) is 20.2. The summed E-state index contributed by atoms with van der Waals surface area (Å²) in [6, 6.07) is 0. The van der Waals surface area contributed by atoms with Crippen LogP contribution in [0, 0.1) is 0 Å². The van der Waals surface area contributed by atoms with E-state index in [4.69, 9.17) is 12.7 Å². The van der Waals surface area contributed by atoms with Gasteiger partial charge in [-0.15, -0.1) is 0 Å². The summed E-state index contributed by atoms with van der Waals surface area (Å²) in [4.78, 5) is 30.4. The summed E-state index contributed by atoms with van der Waals surface area (Å²) in [6.07, 6.45) is 0. The van der Waals surface area contributed by atoms with Crippen LogP contribution in [0.3, 0.4) is 0 Å². The summed E-state index contributed by atoms with van der Waals surface area (Å²) in [7, 11) is -12.0. The lowest BCUT2D eigenvalue weighted by molar-refractivity contribution is 0.357. The molecule has 0 aliphatic rings. The van der Waals surface area contributed by atoms with E-state index in [1.165, 1.54) is 0 Å². The van der Waals surface area contributed by atoms with Crippen molar-refractivity contribution >= 4 is 67.4 Å². The molecule has 0 rings (SSSR count). The van der Waals surface area contributed by atoms with Crippen molar-refractivity contribution in [2.24, 2.45) is 0 Å². The highest BCUT2D eigenvalue weighted by Crippen LogP contribution is 2.30. The maximum absolute atomic E-state index is 12.1. The number of hydrogen-bond donors (Lipinski definition) is 3. The zero-order valence-electron chi connectivity index (χ0n) is 13.9. The SMILES string of the molecule is CO[Si]([SiH3])([SiH2]O)[Si](O[SiH2]O)(O[Si](C)(C)[Si](C)=O)[Si](C)(C)O. The molecule has 0 aromatic rings. The Kier molecular flexibility index (Phi) is 8.40. The van der Waals surface area contributed by atoms with Gasteiger partial charge in [-0.1, -0.05) is 0 Å². The summed E-state index contributed by atoms with van der Waals surface area (Å²) in [5, 5.41) is 0. The lowest BCUT2D eigenvalue weighted by Crippen LogP contribution is -2.85. The van der Waals surface area contributed by atoms with Gasteiger partial charge in [0.1, 0.15) is 0 Å². The highest BCUT2D eigenvalue weighted by atomic mass is 30.0. The number of rotatable bonds is 9. The molecule has 0 saturated carbocycles. The minimum atomic E-state index is -3.27. The Morgan fingerprint density at radius 1 is 1.19 bits per heavy atom. The molecule has 0 fully saturated rings. The van der Waals surface area contributed by atoms with Gasteiger partial charge >= 0.3 is 7.60 Å². The summed E-state index contributed by atoms with van der Waals surface area (Å²) in [6.45, 7) is 6.15. The summed E-state index contributed by atoms with van der Waals surface area (Å²) >= 11 is 0. The van der Waals surface area contributed by atoms with Crippen LogP contribution in [0.4, 0.5) is 0 Å². The zero-order chi connectivity index (χ0) is 17.1. The molecule has 0 saturated heterocycles. The van der Waals surface area contributed by atoms with E-state index in [9.17, 15) is 18.8 Å². The Bertz CT molecular complexity index is 369. The van der Waals surface area contributed by atoms with Crippen LogP contribution in [-0.2, 0) is 17.1 Å². The van der Waals surface area contributed by atoms with Crippen molar-refractivity contribution in [2.75, 3.05) is 7.11 Å². The third-order valence-corrected chi connectivity index (χ3v) is 71.6. The zero-order valence-corrected chi connectivity index (χ0v) is 23.7. The van der Waals surface area contributed by atoms with Gasteiger partial charge in [-0.05, 0) is 32.7 Å². The fraction of sp³-hybridized carbons (Fsp3) is 1.00. The standard InChI is InChI=1S/C6H28O7Si8/c1-11-21(14,16-8)20(12-15-7,18(3,4)10)13-19(5,6)17(2)9/h7-8,10H,15-16H2,1-6,14H3. The van der Waals surface area contributed by atoms with E-state index in [0.717, 1.165) is 0 Å². The molecular formula is C6H28O7Si8. The van der Waals surface area contributed by atoms with Gasteiger partial charge in [-0.2, -0.15) is 0 Å². The fourth-order valence-corrected chi connectivity index (χ4v) is 95.5. The van der Waals surface area contributed by atoms with E-state index in [2.05, 4.69) is 0 Å². The minimum absolute atomic E-state index is 0.569. The third kappa shape index (κ3) is 4.65. The van der Waals surface area contributed by atoms with Crippen LogP contribution >= 0.6 is 0 Å². The monoisotopic (exact) mass is 436 g/mol. The van der Waals surface area contributed by atoms with Gasteiger partial charge in [0.2, 0.25) is 22.5 Å². The van der Waals surface area contributed by atoms with Gasteiger partial charge in [0.25, 0.3) is 18.2 Å². The second-order valence-electron chi connectivity index (χ2n) is 6.21. The first-order chi connectivity index (χ1) is 9.33. The van der Waals surface area contributed by atoms with E-state index in [1.807, 2.05) is 13.1 Å². The van der Waals surface area contributed by atoms with Crippen LogP contribution in [0.25, 0.3) is 0 Å². The molecule has 126 valence electrons. The van der Waals surface area contributed by atoms with E-state index in [-0.39, 0.29) is 0 Å². The maximum atomic E-state index is 12.1. The summed E-state index contributed by atoms with van der Waals surface area (Å²) in [5.74, 6) is 0.